The van der Waals surface area contributed by atoms with Gasteiger partial charge in [-0.05, 0) is 39.3 Å². The van der Waals surface area contributed by atoms with Crippen LogP contribution in [0, 0.1) is 0 Å². The van der Waals surface area contributed by atoms with Crippen LogP contribution in [0.25, 0.3) is 0 Å². The van der Waals surface area contributed by atoms with Gasteiger partial charge in [0.15, 0.2) is 0 Å². The molecular weight excluding hydrogens is 406 g/mol. The molecule has 0 rings (SSSR count). The molecule has 0 aliphatic rings. The summed E-state index contributed by atoms with van der Waals surface area (Å²) in [6.07, 6.45) is 0. The van der Waals surface area contributed by atoms with Crippen molar-refractivity contribution < 1.29 is 35.0 Å². The molecule has 0 heterocycles. The van der Waals surface area contributed by atoms with Gasteiger partial charge in [-0.15, -0.1) is 0 Å². The topological polar surface area (TPSA) is 69.7 Å². The zero-order valence-electron chi connectivity index (χ0n) is 10.4. The molecule has 0 saturated heterocycles. The summed E-state index contributed by atoms with van der Waals surface area (Å²) in [4.78, 5) is 0. The zero-order valence-corrected chi connectivity index (χ0v) is 15.1. The van der Waals surface area contributed by atoms with Crippen LogP contribution in [0.15, 0.2) is 0 Å². The maximum atomic E-state index is 9.19. The molecule has 15 heavy (non-hydrogen) atoms. The normalized spacial score (nSPS) is 13.0. The third kappa shape index (κ3) is 40.4. The Hall–Kier alpha value is 0.416. The van der Waals surface area contributed by atoms with E-state index in [1.165, 1.54) is 0 Å². The summed E-state index contributed by atoms with van der Waals surface area (Å²) in [5.74, 6) is 0. The molecule has 0 aromatic rings. The van der Waals surface area contributed by atoms with E-state index < -0.39 is 32.0 Å². The Bertz CT molecular complexity index is 288. The van der Waals surface area contributed by atoms with E-state index >= 15 is 0 Å². The van der Waals surface area contributed by atoms with Gasteiger partial charge in [0.1, 0.15) is 0 Å². The van der Waals surface area contributed by atoms with E-state index in [1.807, 2.05) is 0 Å². The maximum absolute atomic E-state index is 9.19. The number of hydrogen-bond donors (Lipinski definition) is 0. The minimum atomic E-state index is -4.86. The minimum absolute atomic E-state index is 0.722. The summed E-state index contributed by atoms with van der Waals surface area (Å²) in [6, 6.07) is 0. The molecule has 0 N–H and O–H groups in total. The van der Waals surface area contributed by atoms with Gasteiger partial charge in [-0.2, -0.15) is 0 Å². The number of hydrogen-bond acceptors (Lipinski definition) is 5. The second-order valence-electron chi connectivity index (χ2n) is 5.04. The molecule has 0 radical (unpaired) electrons. The van der Waals surface area contributed by atoms with Crippen LogP contribution in [0.2, 0.25) is 44.7 Å². The van der Waals surface area contributed by atoms with Gasteiger partial charge < -0.3 is 0 Å². The summed E-state index contributed by atoms with van der Waals surface area (Å²) >= 11 is -4.86. The van der Waals surface area contributed by atoms with E-state index in [0.717, 1.165) is 5.40 Å². The summed E-state index contributed by atoms with van der Waals surface area (Å²) < 4.78 is 38.2. The Morgan fingerprint density at radius 3 is 0.933 bits per heavy atom. The fraction of sp³-hybridized carbons (Fsp3) is 1.00. The average molecular weight is 428 g/mol. The molecule has 0 bridgehead atoms. The summed E-state index contributed by atoms with van der Waals surface area (Å²) in [5, 5.41) is 0.722. The van der Waals surface area contributed by atoms with Gasteiger partial charge in [0, 0.05) is 0 Å². The van der Waals surface area contributed by atoms with E-state index in [4.69, 9.17) is 9.15 Å². The first-order valence-electron chi connectivity index (χ1n) is 4.42. The van der Waals surface area contributed by atoms with Crippen molar-refractivity contribution >= 4 is 16.6 Å². The van der Waals surface area contributed by atoms with Gasteiger partial charge in [0.05, 0.1) is 0 Å². The van der Waals surface area contributed by atoms with Crippen molar-refractivity contribution in [1.29, 1.82) is 0 Å². The Balaban J connectivity index is 0. The van der Waals surface area contributed by atoms with Crippen LogP contribution < -0.4 is 0 Å². The van der Waals surface area contributed by atoms with Crippen molar-refractivity contribution in [2.45, 2.75) is 44.7 Å². The van der Waals surface area contributed by atoms with Gasteiger partial charge in [-0.25, -0.2) is 0 Å². The van der Waals surface area contributed by atoms with Gasteiger partial charge in [0.25, 0.3) is 0 Å². The molecule has 0 saturated carbocycles. The standard InChI is InChI=1S/C6H18O2Si2.CH3.3O.Re/c1-9(2,3)7-8-10(4,5)6;;;;;/h1-6H3;1H3;;;;. The molecule has 0 amide bonds. The molecule has 0 spiro atoms. The van der Waals surface area contributed by atoms with Crippen LogP contribution in [0.3, 0.4) is 0 Å². The monoisotopic (exact) mass is 428 g/mol. The molecule has 0 aromatic heterocycles. The molecule has 0 aromatic carbocycles. The van der Waals surface area contributed by atoms with E-state index in [1.54, 1.807) is 0 Å². The molecule has 0 aliphatic carbocycles. The van der Waals surface area contributed by atoms with Gasteiger partial charge in [-0.1, -0.05) is 0 Å². The first-order chi connectivity index (χ1) is 6.21. The molecule has 0 atom stereocenters. The second-order valence-corrected chi connectivity index (χ2v) is 18.5. The quantitative estimate of drug-likeness (QED) is 0.394. The van der Waals surface area contributed by atoms with Gasteiger partial charge >= 0.3 is 31.2 Å². The predicted octanol–water partition coefficient (Wildman–Crippen LogP) is 2.83. The summed E-state index contributed by atoms with van der Waals surface area (Å²) in [6.45, 7) is 12.7. The number of rotatable bonds is 3. The Kier molecular flexibility index (Phi) is 7.39. The van der Waals surface area contributed by atoms with Crippen molar-refractivity contribution in [3.05, 3.63) is 0 Å². The van der Waals surface area contributed by atoms with Crippen molar-refractivity contribution in [3.63, 3.8) is 0 Å². The van der Waals surface area contributed by atoms with Gasteiger partial charge in [0.2, 0.25) is 16.6 Å². The summed E-state index contributed by atoms with van der Waals surface area (Å²) in [5.41, 5.74) is 0. The third-order valence-corrected chi connectivity index (χ3v) is 1.88. The summed E-state index contributed by atoms with van der Waals surface area (Å²) in [7, 11) is -2.91. The molecule has 0 fully saturated rings. The van der Waals surface area contributed by atoms with E-state index in [0.29, 0.717) is 0 Å². The van der Waals surface area contributed by atoms with E-state index in [2.05, 4.69) is 39.3 Å². The average Bonchev–Trinajstić information content (AvgIpc) is 1.76. The molecule has 5 nitrogen and oxygen atoms in total. The van der Waals surface area contributed by atoms with Crippen LogP contribution in [-0.2, 0) is 35.0 Å². The first-order valence-corrected chi connectivity index (χ1v) is 17.3. The fourth-order valence-corrected chi connectivity index (χ4v) is 2.25. The molecular formula is C7H21O5ReSi2. The predicted molar refractivity (Wildman–Crippen MR) is 56.8 cm³/mol. The second kappa shape index (κ2) is 6.23. The molecule has 0 aliphatic heterocycles. The molecule has 8 heteroatoms. The van der Waals surface area contributed by atoms with Crippen LogP contribution in [0.5, 0.6) is 0 Å². The Morgan fingerprint density at radius 1 is 0.733 bits per heavy atom. The van der Waals surface area contributed by atoms with Crippen LogP contribution in [0.1, 0.15) is 0 Å². The van der Waals surface area contributed by atoms with Crippen molar-refractivity contribution in [2.24, 2.45) is 0 Å². The van der Waals surface area contributed by atoms with Crippen molar-refractivity contribution in [2.75, 3.05) is 0 Å². The Morgan fingerprint density at radius 2 is 0.867 bits per heavy atom. The van der Waals surface area contributed by atoms with Crippen molar-refractivity contribution in [1.82, 2.24) is 0 Å². The molecule has 94 valence electrons. The van der Waals surface area contributed by atoms with Crippen LogP contribution in [-0.4, -0.2) is 16.6 Å². The van der Waals surface area contributed by atoms with E-state index in [9.17, 15) is 10.4 Å². The SMILES string of the molecule is C[Si](C)(C)OO[Si](C)(C)C.[CH3][Re](=[O])(=[O])=[O]. The van der Waals surface area contributed by atoms with Gasteiger partial charge in [-0.3, -0.25) is 9.15 Å². The van der Waals surface area contributed by atoms with Crippen LogP contribution >= 0.6 is 0 Å². The zero-order chi connectivity index (χ0) is 12.9. The fourth-order valence-electron chi connectivity index (χ4n) is 0.250. The first kappa shape index (κ1) is 17.8. The third-order valence-electron chi connectivity index (χ3n) is 0.542. The van der Waals surface area contributed by atoms with Crippen molar-refractivity contribution in [3.8, 4) is 0 Å². The van der Waals surface area contributed by atoms with E-state index in [-0.39, 0.29) is 0 Å². The molecule has 0 unspecified atom stereocenters. The van der Waals surface area contributed by atoms with Crippen LogP contribution in [0.4, 0.5) is 0 Å². The Labute approximate surface area is 96.3 Å².